The van der Waals surface area contributed by atoms with Gasteiger partial charge in [-0.1, -0.05) is 13.3 Å². The number of ether oxygens (including phenoxy) is 1. The quantitative estimate of drug-likeness (QED) is 0.766. The molecule has 13 heavy (non-hydrogen) atoms. The lowest BCUT2D eigenvalue weighted by Crippen LogP contribution is -2.13. The van der Waals surface area contributed by atoms with Gasteiger partial charge in [0.2, 0.25) is 5.88 Å². The molecule has 0 fully saturated rings. The SMILES string of the molecule is CCCC(C)Oc1ncncc1N. The van der Waals surface area contributed by atoms with Crippen molar-refractivity contribution in [1.82, 2.24) is 9.97 Å². The van der Waals surface area contributed by atoms with Crippen LogP contribution >= 0.6 is 0 Å². The number of anilines is 1. The van der Waals surface area contributed by atoms with Gasteiger partial charge in [0.05, 0.1) is 12.3 Å². The van der Waals surface area contributed by atoms with Gasteiger partial charge < -0.3 is 10.5 Å². The third-order valence-corrected chi connectivity index (χ3v) is 1.71. The molecule has 1 aromatic heterocycles. The van der Waals surface area contributed by atoms with Gasteiger partial charge in [0.15, 0.2) is 0 Å². The van der Waals surface area contributed by atoms with Crippen LogP contribution in [-0.2, 0) is 0 Å². The van der Waals surface area contributed by atoms with Gasteiger partial charge in [-0.2, -0.15) is 4.98 Å². The van der Waals surface area contributed by atoms with Crippen molar-refractivity contribution in [2.75, 3.05) is 5.73 Å². The van der Waals surface area contributed by atoms with Crippen LogP contribution in [0.4, 0.5) is 5.69 Å². The predicted molar refractivity (Wildman–Crippen MR) is 51.4 cm³/mol. The van der Waals surface area contributed by atoms with Gasteiger partial charge in [0.25, 0.3) is 0 Å². The van der Waals surface area contributed by atoms with E-state index in [2.05, 4.69) is 16.9 Å². The molecule has 1 heterocycles. The second-order valence-corrected chi connectivity index (χ2v) is 3.00. The summed E-state index contributed by atoms with van der Waals surface area (Å²) in [6, 6.07) is 0. The van der Waals surface area contributed by atoms with Gasteiger partial charge in [0, 0.05) is 0 Å². The molecule has 1 unspecified atom stereocenters. The molecule has 4 nitrogen and oxygen atoms in total. The zero-order chi connectivity index (χ0) is 9.68. The van der Waals surface area contributed by atoms with E-state index in [0.717, 1.165) is 12.8 Å². The lowest BCUT2D eigenvalue weighted by molar-refractivity contribution is 0.202. The van der Waals surface area contributed by atoms with Crippen LogP contribution in [0.3, 0.4) is 0 Å². The summed E-state index contributed by atoms with van der Waals surface area (Å²) < 4.78 is 5.51. The predicted octanol–water partition coefficient (Wildman–Crippen LogP) is 1.63. The first-order chi connectivity index (χ1) is 6.24. The van der Waals surface area contributed by atoms with E-state index in [1.165, 1.54) is 6.33 Å². The molecule has 4 heteroatoms. The van der Waals surface area contributed by atoms with Gasteiger partial charge in [-0.05, 0) is 13.3 Å². The minimum Gasteiger partial charge on any atom is -0.473 e. The summed E-state index contributed by atoms with van der Waals surface area (Å²) in [7, 11) is 0. The van der Waals surface area contributed by atoms with Crippen molar-refractivity contribution < 1.29 is 4.74 Å². The van der Waals surface area contributed by atoms with E-state index in [-0.39, 0.29) is 6.10 Å². The van der Waals surface area contributed by atoms with Crippen molar-refractivity contribution in [3.63, 3.8) is 0 Å². The lowest BCUT2D eigenvalue weighted by Gasteiger charge is -2.13. The number of hydrogen-bond donors (Lipinski definition) is 1. The molecule has 0 spiro atoms. The maximum Gasteiger partial charge on any atom is 0.240 e. The number of rotatable bonds is 4. The zero-order valence-corrected chi connectivity index (χ0v) is 8.03. The second-order valence-electron chi connectivity index (χ2n) is 3.00. The van der Waals surface area contributed by atoms with Crippen LogP contribution in [0.15, 0.2) is 12.5 Å². The Morgan fingerprint density at radius 2 is 2.38 bits per heavy atom. The lowest BCUT2D eigenvalue weighted by atomic mass is 10.2. The molecule has 0 aliphatic heterocycles. The summed E-state index contributed by atoms with van der Waals surface area (Å²) in [5.74, 6) is 0.482. The molecule has 0 aliphatic carbocycles. The molecular weight excluding hydrogens is 166 g/mol. The highest BCUT2D eigenvalue weighted by Gasteiger charge is 2.06. The van der Waals surface area contributed by atoms with E-state index in [0.29, 0.717) is 11.6 Å². The van der Waals surface area contributed by atoms with Crippen LogP contribution in [-0.4, -0.2) is 16.1 Å². The van der Waals surface area contributed by atoms with Gasteiger partial charge in [0.1, 0.15) is 12.0 Å². The molecule has 0 bridgehead atoms. The molecule has 0 aliphatic rings. The number of nitrogen functional groups attached to an aromatic ring is 1. The smallest absolute Gasteiger partial charge is 0.240 e. The third-order valence-electron chi connectivity index (χ3n) is 1.71. The second kappa shape index (κ2) is 4.64. The summed E-state index contributed by atoms with van der Waals surface area (Å²) in [5.41, 5.74) is 6.11. The largest absolute Gasteiger partial charge is 0.473 e. The number of aromatic nitrogens is 2. The topological polar surface area (TPSA) is 61.0 Å². The van der Waals surface area contributed by atoms with Crippen LogP contribution < -0.4 is 10.5 Å². The fraction of sp³-hybridized carbons (Fsp3) is 0.556. The van der Waals surface area contributed by atoms with Crippen LogP contribution in [0.25, 0.3) is 0 Å². The molecule has 0 saturated heterocycles. The van der Waals surface area contributed by atoms with Crippen molar-refractivity contribution in [3.05, 3.63) is 12.5 Å². The minimum atomic E-state index is 0.155. The molecule has 0 radical (unpaired) electrons. The molecule has 72 valence electrons. The van der Waals surface area contributed by atoms with E-state index >= 15 is 0 Å². The van der Waals surface area contributed by atoms with Crippen molar-refractivity contribution >= 4 is 5.69 Å². The van der Waals surface area contributed by atoms with E-state index in [9.17, 15) is 0 Å². The van der Waals surface area contributed by atoms with Crippen LogP contribution in [0.1, 0.15) is 26.7 Å². The molecular formula is C9H15N3O. The first-order valence-corrected chi connectivity index (χ1v) is 4.46. The third kappa shape index (κ3) is 2.89. The maximum atomic E-state index is 5.62. The Morgan fingerprint density at radius 1 is 1.62 bits per heavy atom. The van der Waals surface area contributed by atoms with Crippen molar-refractivity contribution in [2.24, 2.45) is 0 Å². The molecule has 0 saturated carbocycles. The first-order valence-electron chi connectivity index (χ1n) is 4.46. The summed E-state index contributed by atoms with van der Waals surface area (Å²) in [6.07, 6.45) is 5.23. The fourth-order valence-corrected chi connectivity index (χ4v) is 1.08. The average molecular weight is 181 g/mol. The van der Waals surface area contributed by atoms with Crippen molar-refractivity contribution in [1.29, 1.82) is 0 Å². The minimum absolute atomic E-state index is 0.155. The Kier molecular flexibility index (Phi) is 3.49. The Bertz CT molecular complexity index is 265. The first kappa shape index (κ1) is 9.77. The zero-order valence-electron chi connectivity index (χ0n) is 8.03. The van der Waals surface area contributed by atoms with Gasteiger partial charge in [-0.3, -0.25) is 0 Å². The number of nitrogens with two attached hydrogens (primary N) is 1. The van der Waals surface area contributed by atoms with Gasteiger partial charge >= 0.3 is 0 Å². The highest BCUT2D eigenvalue weighted by Crippen LogP contribution is 2.17. The van der Waals surface area contributed by atoms with Crippen LogP contribution in [0, 0.1) is 0 Å². The highest BCUT2D eigenvalue weighted by molar-refractivity contribution is 5.44. The normalized spacial score (nSPS) is 12.5. The summed E-state index contributed by atoms with van der Waals surface area (Å²) in [5, 5.41) is 0. The molecule has 2 N–H and O–H groups in total. The average Bonchev–Trinajstić information content (AvgIpc) is 2.09. The molecule has 0 aromatic carbocycles. The van der Waals surface area contributed by atoms with E-state index in [1.54, 1.807) is 6.20 Å². The Hall–Kier alpha value is -1.32. The summed E-state index contributed by atoms with van der Waals surface area (Å²) >= 11 is 0. The maximum absolute atomic E-state index is 5.62. The van der Waals surface area contributed by atoms with Gasteiger partial charge in [-0.15, -0.1) is 0 Å². The Labute approximate surface area is 78.1 Å². The Balaban J connectivity index is 2.58. The molecule has 0 amide bonds. The van der Waals surface area contributed by atoms with Crippen molar-refractivity contribution in [2.45, 2.75) is 32.8 Å². The van der Waals surface area contributed by atoms with E-state index in [4.69, 9.17) is 10.5 Å². The summed E-state index contributed by atoms with van der Waals surface area (Å²) in [4.78, 5) is 7.72. The van der Waals surface area contributed by atoms with Crippen molar-refractivity contribution in [3.8, 4) is 5.88 Å². The van der Waals surface area contributed by atoms with Gasteiger partial charge in [-0.25, -0.2) is 4.98 Å². The highest BCUT2D eigenvalue weighted by atomic mass is 16.5. The fourth-order valence-electron chi connectivity index (χ4n) is 1.08. The monoisotopic (exact) mass is 181 g/mol. The Morgan fingerprint density at radius 3 is 3.00 bits per heavy atom. The number of hydrogen-bond acceptors (Lipinski definition) is 4. The molecule has 1 atom stereocenters. The standard InChI is InChI=1S/C9H15N3O/c1-3-4-7(2)13-9-8(10)5-11-6-12-9/h5-7H,3-4,10H2,1-2H3. The van der Waals surface area contributed by atoms with E-state index < -0.39 is 0 Å². The van der Waals surface area contributed by atoms with Crippen LogP contribution in [0.2, 0.25) is 0 Å². The summed E-state index contributed by atoms with van der Waals surface area (Å²) in [6.45, 7) is 4.12. The molecule has 1 rings (SSSR count). The molecule has 1 aromatic rings. The van der Waals surface area contributed by atoms with Crippen LogP contribution in [0.5, 0.6) is 5.88 Å². The number of nitrogens with zero attached hydrogens (tertiary/aromatic N) is 2. The van der Waals surface area contributed by atoms with E-state index in [1.807, 2.05) is 6.92 Å².